The normalized spacial score (nSPS) is 33.8. The van der Waals surface area contributed by atoms with Gasteiger partial charge in [-0.15, -0.1) is 0 Å². The maximum Gasteiger partial charge on any atom is 0.0309 e. The zero-order chi connectivity index (χ0) is 13.0. The average Bonchev–Trinajstić information content (AvgIpc) is 3.19. The first-order chi connectivity index (χ1) is 8.69. The lowest BCUT2D eigenvalue weighted by molar-refractivity contribution is 0.0714. The van der Waals surface area contributed by atoms with E-state index in [0.717, 1.165) is 12.0 Å². The molecule has 2 aliphatic rings. The van der Waals surface area contributed by atoms with Crippen LogP contribution in [-0.2, 0) is 0 Å². The van der Waals surface area contributed by atoms with Crippen LogP contribution in [0.3, 0.4) is 0 Å². The lowest BCUT2D eigenvalue weighted by Gasteiger charge is -2.46. The minimum Gasteiger partial charge on any atom is -0.308 e. The molecular formula is C16H32N2. The highest BCUT2D eigenvalue weighted by Gasteiger charge is 2.45. The van der Waals surface area contributed by atoms with Crippen molar-refractivity contribution in [3.8, 4) is 0 Å². The average molecular weight is 252 g/mol. The molecule has 0 aromatic carbocycles. The van der Waals surface area contributed by atoms with Gasteiger partial charge in [-0.3, -0.25) is 4.90 Å². The van der Waals surface area contributed by atoms with Crippen LogP contribution in [0, 0.1) is 5.92 Å². The number of unbranched alkanes of at least 4 members (excludes halogenated alkanes) is 3. The summed E-state index contributed by atoms with van der Waals surface area (Å²) in [6.45, 7) is 10.9. The lowest BCUT2D eigenvalue weighted by Crippen LogP contribution is -2.63. The van der Waals surface area contributed by atoms with Crippen LogP contribution in [0.4, 0.5) is 0 Å². The maximum absolute atomic E-state index is 3.85. The molecule has 2 heteroatoms. The highest BCUT2D eigenvalue weighted by molar-refractivity contribution is 5.03. The molecule has 2 fully saturated rings. The highest BCUT2D eigenvalue weighted by atomic mass is 15.3. The fourth-order valence-corrected chi connectivity index (χ4v) is 3.49. The molecule has 106 valence electrons. The lowest BCUT2D eigenvalue weighted by atomic mass is 9.90. The fraction of sp³-hybridized carbons (Fsp3) is 1.00. The third kappa shape index (κ3) is 3.48. The van der Waals surface area contributed by atoms with Crippen LogP contribution in [-0.4, -0.2) is 36.1 Å². The van der Waals surface area contributed by atoms with Gasteiger partial charge in [-0.1, -0.05) is 33.1 Å². The Kier molecular flexibility index (Phi) is 5.08. The van der Waals surface area contributed by atoms with Crippen molar-refractivity contribution in [2.45, 2.75) is 77.3 Å². The van der Waals surface area contributed by atoms with Gasteiger partial charge in [-0.2, -0.15) is 0 Å². The van der Waals surface area contributed by atoms with Crippen molar-refractivity contribution < 1.29 is 0 Å². The van der Waals surface area contributed by atoms with E-state index in [1.807, 2.05) is 0 Å². The SMILES string of the molecule is CCCCCCN1CC(C)(C2CC2)NCC1CC. The molecule has 0 amide bonds. The smallest absolute Gasteiger partial charge is 0.0309 e. The van der Waals surface area contributed by atoms with E-state index in [2.05, 4.69) is 31.0 Å². The van der Waals surface area contributed by atoms with Crippen molar-refractivity contribution in [1.29, 1.82) is 0 Å². The van der Waals surface area contributed by atoms with E-state index < -0.39 is 0 Å². The van der Waals surface area contributed by atoms with Crippen molar-refractivity contribution >= 4 is 0 Å². The number of nitrogens with zero attached hydrogens (tertiary/aromatic N) is 1. The molecule has 2 unspecified atom stereocenters. The third-order valence-corrected chi connectivity index (χ3v) is 5.04. The Morgan fingerprint density at radius 3 is 2.56 bits per heavy atom. The molecule has 0 radical (unpaired) electrons. The molecule has 1 saturated heterocycles. The predicted octanol–water partition coefficient (Wildman–Crippen LogP) is 3.42. The summed E-state index contributed by atoms with van der Waals surface area (Å²) in [5.41, 5.74) is 0.413. The minimum atomic E-state index is 0.413. The number of piperazine rings is 1. The van der Waals surface area contributed by atoms with E-state index in [0.29, 0.717) is 5.54 Å². The van der Waals surface area contributed by atoms with Gasteiger partial charge in [0.1, 0.15) is 0 Å². The molecule has 0 spiro atoms. The van der Waals surface area contributed by atoms with Gasteiger partial charge in [0.2, 0.25) is 0 Å². The molecule has 1 aliphatic carbocycles. The van der Waals surface area contributed by atoms with Crippen molar-refractivity contribution in [2.75, 3.05) is 19.6 Å². The van der Waals surface area contributed by atoms with Crippen molar-refractivity contribution in [3.63, 3.8) is 0 Å². The van der Waals surface area contributed by atoms with Gasteiger partial charge < -0.3 is 5.32 Å². The second-order valence-electron chi connectivity index (χ2n) is 6.67. The fourth-order valence-electron chi connectivity index (χ4n) is 3.49. The summed E-state index contributed by atoms with van der Waals surface area (Å²) in [6.07, 6.45) is 9.75. The number of nitrogens with one attached hydrogen (secondary N) is 1. The molecule has 0 aromatic heterocycles. The molecule has 0 bridgehead atoms. The molecular weight excluding hydrogens is 220 g/mol. The minimum absolute atomic E-state index is 0.413. The van der Waals surface area contributed by atoms with Crippen molar-refractivity contribution in [1.82, 2.24) is 10.2 Å². The second-order valence-corrected chi connectivity index (χ2v) is 6.67. The van der Waals surface area contributed by atoms with E-state index >= 15 is 0 Å². The quantitative estimate of drug-likeness (QED) is 0.698. The molecule has 1 N–H and O–H groups in total. The van der Waals surface area contributed by atoms with E-state index in [-0.39, 0.29) is 0 Å². The van der Waals surface area contributed by atoms with Gasteiger partial charge >= 0.3 is 0 Å². The Hall–Kier alpha value is -0.0800. The van der Waals surface area contributed by atoms with Crippen LogP contribution >= 0.6 is 0 Å². The standard InChI is InChI=1S/C16H32N2/c1-4-6-7-8-11-18-13-16(3,14-9-10-14)17-12-15(18)5-2/h14-15,17H,4-13H2,1-3H3. The summed E-state index contributed by atoms with van der Waals surface area (Å²) in [7, 11) is 0. The Bertz CT molecular complexity index is 249. The van der Waals surface area contributed by atoms with Gasteiger partial charge in [0.05, 0.1) is 0 Å². The molecule has 1 aliphatic heterocycles. The van der Waals surface area contributed by atoms with E-state index in [4.69, 9.17) is 0 Å². The monoisotopic (exact) mass is 252 g/mol. The van der Waals surface area contributed by atoms with Gasteiger partial charge in [-0.05, 0) is 45.1 Å². The summed E-state index contributed by atoms with van der Waals surface area (Å²) in [5.74, 6) is 0.952. The molecule has 2 atom stereocenters. The Morgan fingerprint density at radius 2 is 1.94 bits per heavy atom. The zero-order valence-electron chi connectivity index (χ0n) is 12.7. The molecule has 1 heterocycles. The van der Waals surface area contributed by atoms with Crippen LogP contribution in [0.5, 0.6) is 0 Å². The van der Waals surface area contributed by atoms with Gasteiger partial charge in [0.25, 0.3) is 0 Å². The molecule has 0 aromatic rings. The van der Waals surface area contributed by atoms with Crippen LogP contribution in [0.15, 0.2) is 0 Å². The van der Waals surface area contributed by atoms with Crippen LogP contribution in [0.1, 0.15) is 65.7 Å². The summed E-state index contributed by atoms with van der Waals surface area (Å²) in [5, 5.41) is 3.85. The van der Waals surface area contributed by atoms with Crippen molar-refractivity contribution in [2.24, 2.45) is 5.92 Å². The first-order valence-corrected chi connectivity index (χ1v) is 8.18. The summed E-state index contributed by atoms with van der Waals surface area (Å²) < 4.78 is 0. The van der Waals surface area contributed by atoms with Gasteiger partial charge in [-0.25, -0.2) is 0 Å². The van der Waals surface area contributed by atoms with E-state index in [9.17, 15) is 0 Å². The number of hydrogen-bond acceptors (Lipinski definition) is 2. The zero-order valence-corrected chi connectivity index (χ0v) is 12.7. The summed E-state index contributed by atoms with van der Waals surface area (Å²) >= 11 is 0. The maximum atomic E-state index is 3.85. The largest absolute Gasteiger partial charge is 0.308 e. The van der Waals surface area contributed by atoms with Crippen LogP contribution in [0.2, 0.25) is 0 Å². The highest BCUT2D eigenvalue weighted by Crippen LogP contribution is 2.41. The third-order valence-electron chi connectivity index (χ3n) is 5.04. The topological polar surface area (TPSA) is 15.3 Å². The first kappa shape index (κ1) is 14.3. The number of hydrogen-bond donors (Lipinski definition) is 1. The van der Waals surface area contributed by atoms with Crippen LogP contribution < -0.4 is 5.32 Å². The van der Waals surface area contributed by atoms with Crippen molar-refractivity contribution in [3.05, 3.63) is 0 Å². The Morgan fingerprint density at radius 1 is 1.17 bits per heavy atom. The van der Waals surface area contributed by atoms with Crippen LogP contribution in [0.25, 0.3) is 0 Å². The molecule has 18 heavy (non-hydrogen) atoms. The Balaban J connectivity index is 1.82. The summed E-state index contributed by atoms with van der Waals surface area (Å²) in [4.78, 5) is 2.78. The Labute approximate surface area is 114 Å². The van der Waals surface area contributed by atoms with Gasteiger partial charge in [0.15, 0.2) is 0 Å². The number of rotatable bonds is 7. The predicted molar refractivity (Wildman–Crippen MR) is 78.9 cm³/mol. The molecule has 1 saturated carbocycles. The second kappa shape index (κ2) is 6.38. The molecule has 2 nitrogen and oxygen atoms in total. The van der Waals surface area contributed by atoms with E-state index in [1.54, 1.807) is 0 Å². The summed E-state index contributed by atoms with van der Waals surface area (Å²) in [6, 6.07) is 0.776. The first-order valence-electron chi connectivity index (χ1n) is 8.18. The molecule has 2 rings (SSSR count). The van der Waals surface area contributed by atoms with Gasteiger partial charge in [0, 0.05) is 24.7 Å². The van der Waals surface area contributed by atoms with E-state index in [1.165, 1.54) is 64.6 Å².